The smallest absolute Gasteiger partial charge is 0.318 e. The third-order valence-corrected chi connectivity index (χ3v) is 4.30. The molecule has 2 amide bonds. The Morgan fingerprint density at radius 3 is 2.11 bits per heavy atom. The van der Waals surface area contributed by atoms with Gasteiger partial charge in [-0.2, -0.15) is 0 Å². The molecule has 3 rings (SSSR count). The van der Waals surface area contributed by atoms with Crippen LogP contribution < -0.4 is 5.32 Å². The summed E-state index contributed by atoms with van der Waals surface area (Å²) in [5, 5.41) is 3.12. The van der Waals surface area contributed by atoms with Gasteiger partial charge in [0.05, 0.1) is 0 Å². The van der Waals surface area contributed by atoms with Crippen molar-refractivity contribution in [2.45, 2.75) is 76.9 Å². The van der Waals surface area contributed by atoms with Crippen molar-refractivity contribution in [1.29, 1.82) is 0 Å². The molecule has 2 bridgehead atoms. The van der Waals surface area contributed by atoms with E-state index in [1.54, 1.807) is 11.1 Å². The Bertz CT molecular complexity index is 383. The second-order valence-corrected chi connectivity index (χ2v) is 7.09. The zero-order chi connectivity index (χ0) is 12.9. The number of urea groups is 1. The van der Waals surface area contributed by atoms with Gasteiger partial charge in [-0.15, -0.1) is 0 Å². The molecule has 1 N–H and O–H groups in total. The van der Waals surface area contributed by atoms with Crippen molar-refractivity contribution in [3.8, 4) is 0 Å². The van der Waals surface area contributed by atoms with E-state index in [4.69, 9.17) is 0 Å². The van der Waals surface area contributed by atoms with Gasteiger partial charge in [0.2, 0.25) is 0 Å². The van der Waals surface area contributed by atoms with E-state index in [1.807, 2.05) is 20.8 Å². The Hall–Kier alpha value is -0.990. The van der Waals surface area contributed by atoms with Crippen LogP contribution in [0.25, 0.3) is 0 Å². The van der Waals surface area contributed by atoms with Gasteiger partial charge in [0.15, 0.2) is 0 Å². The Balaban J connectivity index is 1.72. The van der Waals surface area contributed by atoms with E-state index in [9.17, 15) is 4.79 Å². The Labute approximate surface area is 110 Å². The predicted octanol–water partition coefficient (Wildman–Crippen LogP) is 3.21. The topological polar surface area (TPSA) is 32.3 Å². The molecular weight excluding hydrogens is 224 g/mol. The highest BCUT2D eigenvalue weighted by molar-refractivity contribution is 5.76. The minimum absolute atomic E-state index is 0.133. The molecule has 2 saturated heterocycles. The van der Waals surface area contributed by atoms with Crippen LogP contribution in [0, 0.1) is 0 Å². The number of hydrogen-bond donors (Lipinski definition) is 1. The molecule has 3 nitrogen and oxygen atoms in total. The van der Waals surface area contributed by atoms with Crippen LogP contribution in [-0.4, -0.2) is 28.6 Å². The van der Waals surface area contributed by atoms with E-state index in [1.165, 1.54) is 25.7 Å². The Kier molecular flexibility index (Phi) is 2.68. The largest absolute Gasteiger partial charge is 0.333 e. The van der Waals surface area contributed by atoms with Crippen LogP contribution in [0.3, 0.4) is 0 Å². The lowest BCUT2D eigenvalue weighted by Crippen LogP contribution is -2.54. The van der Waals surface area contributed by atoms with Gasteiger partial charge in [-0.1, -0.05) is 11.1 Å². The maximum atomic E-state index is 12.4. The summed E-state index contributed by atoms with van der Waals surface area (Å²) >= 11 is 0. The van der Waals surface area contributed by atoms with E-state index < -0.39 is 0 Å². The van der Waals surface area contributed by atoms with E-state index in [0.717, 1.165) is 12.8 Å². The average Bonchev–Trinajstić information content (AvgIpc) is 3.02. The predicted molar refractivity (Wildman–Crippen MR) is 72.4 cm³/mol. The second kappa shape index (κ2) is 4.01. The highest BCUT2D eigenvalue weighted by Crippen LogP contribution is 2.44. The lowest BCUT2D eigenvalue weighted by molar-refractivity contribution is 0.153. The molecule has 3 fully saturated rings. The second-order valence-electron chi connectivity index (χ2n) is 7.09. The minimum Gasteiger partial charge on any atom is -0.333 e. The van der Waals surface area contributed by atoms with Gasteiger partial charge >= 0.3 is 6.03 Å². The molecule has 18 heavy (non-hydrogen) atoms. The number of carbonyl (C=O) groups is 1. The monoisotopic (exact) mass is 248 g/mol. The molecule has 2 heterocycles. The highest BCUT2D eigenvalue weighted by atomic mass is 16.2. The van der Waals surface area contributed by atoms with Crippen molar-refractivity contribution in [1.82, 2.24) is 10.2 Å². The van der Waals surface area contributed by atoms with E-state index >= 15 is 0 Å². The summed E-state index contributed by atoms with van der Waals surface area (Å²) < 4.78 is 0. The number of rotatable bonds is 0. The van der Waals surface area contributed by atoms with Crippen LogP contribution in [0.5, 0.6) is 0 Å². The van der Waals surface area contributed by atoms with Crippen LogP contribution in [0.4, 0.5) is 4.79 Å². The Morgan fingerprint density at radius 2 is 1.67 bits per heavy atom. The van der Waals surface area contributed by atoms with Crippen LogP contribution in [0.15, 0.2) is 11.1 Å². The molecule has 0 aromatic rings. The zero-order valence-electron chi connectivity index (χ0n) is 11.8. The van der Waals surface area contributed by atoms with Crippen molar-refractivity contribution < 1.29 is 4.79 Å². The maximum absolute atomic E-state index is 12.4. The van der Waals surface area contributed by atoms with E-state index in [-0.39, 0.29) is 11.6 Å². The highest BCUT2D eigenvalue weighted by Gasteiger charge is 2.43. The third kappa shape index (κ3) is 2.27. The Morgan fingerprint density at radius 1 is 1.11 bits per heavy atom. The number of amides is 2. The maximum Gasteiger partial charge on any atom is 0.318 e. The number of carbonyl (C=O) groups excluding carboxylic acids is 1. The normalized spacial score (nSPS) is 30.7. The van der Waals surface area contributed by atoms with Crippen LogP contribution in [-0.2, 0) is 0 Å². The quantitative estimate of drug-likeness (QED) is 0.656. The van der Waals surface area contributed by atoms with Crippen molar-refractivity contribution >= 4 is 6.03 Å². The summed E-state index contributed by atoms with van der Waals surface area (Å²) in [7, 11) is 0. The van der Waals surface area contributed by atoms with Crippen molar-refractivity contribution in [2.24, 2.45) is 0 Å². The van der Waals surface area contributed by atoms with E-state index in [2.05, 4.69) is 10.2 Å². The summed E-state index contributed by atoms with van der Waals surface area (Å²) in [6.07, 6.45) is 7.32. The summed E-state index contributed by atoms with van der Waals surface area (Å²) in [5.74, 6) is 0. The fraction of sp³-hybridized carbons (Fsp3) is 0.800. The molecule has 2 unspecified atom stereocenters. The number of allylic oxidation sites excluding steroid dienone is 1. The molecule has 2 atom stereocenters. The first-order valence-corrected chi connectivity index (χ1v) is 7.24. The lowest BCUT2D eigenvalue weighted by Gasteiger charge is -2.38. The molecule has 100 valence electrons. The fourth-order valence-corrected chi connectivity index (χ4v) is 3.44. The molecule has 3 aliphatic rings. The fourth-order valence-electron chi connectivity index (χ4n) is 3.44. The van der Waals surface area contributed by atoms with E-state index in [0.29, 0.717) is 12.1 Å². The SMILES string of the molecule is CC(C)(C)NC(=O)N1C2CCC1CC(=C1CC1)C2. The van der Waals surface area contributed by atoms with Gasteiger partial charge in [0.25, 0.3) is 0 Å². The van der Waals surface area contributed by atoms with Gasteiger partial charge < -0.3 is 10.2 Å². The molecule has 3 heteroatoms. The third-order valence-electron chi connectivity index (χ3n) is 4.30. The summed E-state index contributed by atoms with van der Waals surface area (Å²) in [6.45, 7) is 6.15. The average molecular weight is 248 g/mol. The van der Waals surface area contributed by atoms with Gasteiger partial charge in [0.1, 0.15) is 0 Å². The van der Waals surface area contributed by atoms with Gasteiger partial charge in [0, 0.05) is 17.6 Å². The minimum atomic E-state index is -0.133. The standard InChI is InChI=1S/C15H24N2O/c1-15(2,3)16-14(18)17-12-6-7-13(17)9-11(8-12)10-4-5-10/h12-13H,4-9H2,1-3H3,(H,16,18). The molecule has 0 aromatic heterocycles. The molecule has 1 aliphatic carbocycles. The van der Waals surface area contributed by atoms with Gasteiger partial charge in [-0.25, -0.2) is 4.79 Å². The van der Waals surface area contributed by atoms with Gasteiger partial charge in [-0.05, 0) is 59.3 Å². The number of fused-ring (bicyclic) bond motifs is 2. The van der Waals surface area contributed by atoms with Gasteiger partial charge in [-0.3, -0.25) is 0 Å². The lowest BCUT2D eigenvalue weighted by atomic mass is 9.96. The van der Waals surface area contributed by atoms with Crippen molar-refractivity contribution in [3.05, 3.63) is 11.1 Å². The van der Waals surface area contributed by atoms with Crippen LogP contribution in [0.1, 0.15) is 59.3 Å². The summed E-state index contributed by atoms with van der Waals surface area (Å²) in [4.78, 5) is 14.5. The summed E-state index contributed by atoms with van der Waals surface area (Å²) in [5.41, 5.74) is 3.25. The molecule has 1 saturated carbocycles. The molecule has 0 aromatic carbocycles. The number of hydrogen-bond acceptors (Lipinski definition) is 1. The first kappa shape index (κ1) is 12.1. The molecular formula is C15H24N2O. The zero-order valence-corrected chi connectivity index (χ0v) is 11.8. The van der Waals surface area contributed by atoms with Crippen LogP contribution in [0.2, 0.25) is 0 Å². The molecule has 0 radical (unpaired) electrons. The number of nitrogens with zero attached hydrogens (tertiary/aromatic N) is 1. The van der Waals surface area contributed by atoms with Crippen molar-refractivity contribution in [2.75, 3.05) is 0 Å². The van der Waals surface area contributed by atoms with Crippen molar-refractivity contribution in [3.63, 3.8) is 0 Å². The molecule has 0 spiro atoms. The number of nitrogens with one attached hydrogen (secondary N) is 1. The summed E-state index contributed by atoms with van der Waals surface area (Å²) in [6, 6.07) is 1.08. The number of piperidine rings is 1. The first-order valence-electron chi connectivity index (χ1n) is 7.24. The first-order chi connectivity index (χ1) is 8.44. The van der Waals surface area contributed by atoms with Crippen LogP contribution >= 0.6 is 0 Å². The molecule has 2 aliphatic heterocycles.